The van der Waals surface area contributed by atoms with E-state index in [9.17, 15) is 4.79 Å². The van der Waals surface area contributed by atoms with E-state index in [1.807, 2.05) is 17.0 Å². The van der Waals surface area contributed by atoms with Crippen molar-refractivity contribution in [1.29, 1.82) is 0 Å². The highest BCUT2D eigenvalue weighted by Gasteiger charge is 2.25. The molecule has 1 aromatic heterocycles. The van der Waals surface area contributed by atoms with Gasteiger partial charge in [0.25, 0.3) is 5.91 Å². The Morgan fingerprint density at radius 2 is 1.75 bits per heavy atom. The lowest BCUT2D eigenvalue weighted by Gasteiger charge is -2.29. The zero-order chi connectivity index (χ0) is 17.3. The first-order chi connectivity index (χ1) is 11.6. The molecule has 0 saturated carbocycles. The Bertz CT molecular complexity index is 748. The maximum absolute atomic E-state index is 12.8. The number of methoxy groups -OCH3 is 3. The Hall–Kier alpha value is -2.41. The molecule has 7 heteroatoms. The SMILES string of the molecule is COc1cc2[nH]c(C(=O)N3CC[NH+](C)CC3)cc2c(OC)c1OC. The Morgan fingerprint density at radius 3 is 2.33 bits per heavy atom. The zero-order valence-electron chi connectivity index (χ0n) is 14.6. The molecule has 0 aliphatic carbocycles. The van der Waals surface area contributed by atoms with Crippen molar-refractivity contribution in [2.75, 3.05) is 54.6 Å². The average Bonchev–Trinajstić information content (AvgIpc) is 3.03. The largest absolute Gasteiger partial charge is 0.493 e. The number of aromatic nitrogens is 1. The number of nitrogens with zero attached hydrogens (tertiary/aromatic N) is 1. The molecule has 2 heterocycles. The molecule has 1 aliphatic rings. The monoisotopic (exact) mass is 334 g/mol. The number of benzene rings is 1. The molecule has 1 saturated heterocycles. The summed E-state index contributed by atoms with van der Waals surface area (Å²) in [7, 11) is 6.87. The summed E-state index contributed by atoms with van der Waals surface area (Å²) in [5.41, 5.74) is 1.34. The maximum Gasteiger partial charge on any atom is 0.270 e. The minimum atomic E-state index is 0.0127. The van der Waals surface area contributed by atoms with E-state index >= 15 is 0 Å². The first kappa shape index (κ1) is 16.4. The molecule has 1 aromatic carbocycles. The third-order valence-electron chi connectivity index (χ3n) is 4.56. The van der Waals surface area contributed by atoms with Crippen molar-refractivity contribution in [1.82, 2.24) is 9.88 Å². The van der Waals surface area contributed by atoms with E-state index in [2.05, 4.69) is 12.0 Å². The number of likely N-dealkylation sites (N-methyl/N-ethyl adjacent to an activating group) is 1. The van der Waals surface area contributed by atoms with E-state index in [1.54, 1.807) is 21.3 Å². The summed E-state index contributed by atoms with van der Waals surface area (Å²) in [6.07, 6.45) is 0. The minimum Gasteiger partial charge on any atom is -0.493 e. The van der Waals surface area contributed by atoms with Gasteiger partial charge in [0, 0.05) is 11.5 Å². The summed E-state index contributed by atoms with van der Waals surface area (Å²) in [5.74, 6) is 1.66. The van der Waals surface area contributed by atoms with Crippen LogP contribution in [0.5, 0.6) is 17.2 Å². The van der Waals surface area contributed by atoms with E-state index in [4.69, 9.17) is 14.2 Å². The highest BCUT2D eigenvalue weighted by Crippen LogP contribution is 2.43. The molecule has 3 rings (SSSR count). The molecular formula is C17H24N3O4+. The van der Waals surface area contributed by atoms with Crippen LogP contribution in [0.25, 0.3) is 10.9 Å². The van der Waals surface area contributed by atoms with E-state index in [0.717, 1.165) is 37.1 Å². The lowest BCUT2D eigenvalue weighted by molar-refractivity contribution is -0.883. The highest BCUT2D eigenvalue weighted by molar-refractivity contribution is 6.01. The summed E-state index contributed by atoms with van der Waals surface area (Å²) >= 11 is 0. The van der Waals surface area contributed by atoms with Crippen LogP contribution in [0.15, 0.2) is 12.1 Å². The van der Waals surface area contributed by atoms with Gasteiger partial charge in [-0.2, -0.15) is 0 Å². The quantitative estimate of drug-likeness (QED) is 0.836. The lowest BCUT2D eigenvalue weighted by Crippen LogP contribution is -3.12. The number of hydrogen-bond donors (Lipinski definition) is 2. The van der Waals surface area contributed by atoms with Crippen LogP contribution in [0.1, 0.15) is 10.5 Å². The molecule has 0 bridgehead atoms. The van der Waals surface area contributed by atoms with Crippen molar-refractivity contribution in [2.24, 2.45) is 0 Å². The molecule has 0 atom stereocenters. The molecule has 1 fully saturated rings. The number of carbonyl (C=O) groups excluding carboxylic acids is 1. The Balaban J connectivity index is 2.00. The highest BCUT2D eigenvalue weighted by atomic mass is 16.5. The third-order valence-corrected chi connectivity index (χ3v) is 4.56. The van der Waals surface area contributed by atoms with Gasteiger partial charge in [-0.3, -0.25) is 4.79 Å². The van der Waals surface area contributed by atoms with Crippen molar-refractivity contribution in [3.63, 3.8) is 0 Å². The van der Waals surface area contributed by atoms with Gasteiger partial charge in [-0.05, 0) is 6.07 Å². The number of piperazine rings is 1. The molecule has 2 aromatic rings. The van der Waals surface area contributed by atoms with Gasteiger partial charge in [0.15, 0.2) is 11.5 Å². The Kier molecular flexibility index (Phi) is 4.53. The van der Waals surface area contributed by atoms with Crippen molar-refractivity contribution < 1.29 is 23.9 Å². The van der Waals surface area contributed by atoms with E-state index in [0.29, 0.717) is 22.9 Å². The van der Waals surface area contributed by atoms with E-state index in [-0.39, 0.29) is 5.91 Å². The number of hydrogen-bond acceptors (Lipinski definition) is 4. The maximum atomic E-state index is 12.8. The van der Waals surface area contributed by atoms with Crippen LogP contribution in [0.4, 0.5) is 0 Å². The molecule has 24 heavy (non-hydrogen) atoms. The van der Waals surface area contributed by atoms with Crippen molar-refractivity contribution >= 4 is 16.8 Å². The second-order valence-electron chi connectivity index (χ2n) is 6.04. The normalized spacial score (nSPS) is 15.6. The summed E-state index contributed by atoms with van der Waals surface area (Å²) in [4.78, 5) is 19.3. The number of quaternary nitrogens is 1. The predicted molar refractivity (Wildman–Crippen MR) is 90.5 cm³/mol. The summed E-state index contributed by atoms with van der Waals surface area (Å²) < 4.78 is 16.3. The fraction of sp³-hybridized carbons (Fsp3) is 0.471. The van der Waals surface area contributed by atoms with Crippen LogP contribution in [0.3, 0.4) is 0 Å². The topological polar surface area (TPSA) is 68.2 Å². The van der Waals surface area contributed by atoms with Gasteiger partial charge in [-0.1, -0.05) is 0 Å². The van der Waals surface area contributed by atoms with Crippen LogP contribution in [-0.4, -0.2) is 70.3 Å². The minimum absolute atomic E-state index is 0.0127. The number of fused-ring (bicyclic) bond motifs is 1. The molecule has 0 spiro atoms. The molecular weight excluding hydrogens is 310 g/mol. The predicted octanol–water partition coefficient (Wildman–Crippen LogP) is 0.164. The smallest absolute Gasteiger partial charge is 0.270 e. The average molecular weight is 334 g/mol. The van der Waals surface area contributed by atoms with Gasteiger partial charge in [0.1, 0.15) is 5.69 Å². The Labute approximate surface area is 141 Å². The van der Waals surface area contributed by atoms with Crippen molar-refractivity contribution in [2.45, 2.75) is 0 Å². The standard InChI is InChI=1S/C17H23N3O4/c1-19-5-7-20(8-6-19)17(21)13-9-11-12(18-13)10-14(22-2)16(24-4)15(11)23-3/h9-10,18H,5-8H2,1-4H3/p+1. The number of H-pyrrole nitrogens is 1. The van der Waals surface area contributed by atoms with Crippen LogP contribution in [0.2, 0.25) is 0 Å². The van der Waals surface area contributed by atoms with Gasteiger partial charge < -0.3 is 29.0 Å². The molecule has 1 amide bonds. The molecule has 2 N–H and O–H groups in total. The first-order valence-electron chi connectivity index (χ1n) is 8.01. The molecule has 7 nitrogen and oxygen atoms in total. The third kappa shape index (κ3) is 2.75. The number of aromatic amines is 1. The second kappa shape index (κ2) is 6.60. The van der Waals surface area contributed by atoms with Gasteiger partial charge in [0.05, 0.1) is 60.1 Å². The van der Waals surface area contributed by atoms with Gasteiger partial charge >= 0.3 is 0 Å². The number of rotatable bonds is 4. The lowest BCUT2D eigenvalue weighted by atomic mass is 10.2. The number of carbonyl (C=O) groups is 1. The molecule has 0 radical (unpaired) electrons. The van der Waals surface area contributed by atoms with E-state index in [1.165, 1.54) is 4.90 Å². The van der Waals surface area contributed by atoms with Gasteiger partial charge in [-0.25, -0.2) is 0 Å². The van der Waals surface area contributed by atoms with Crippen LogP contribution in [-0.2, 0) is 0 Å². The molecule has 0 unspecified atom stereocenters. The van der Waals surface area contributed by atoms with Crippen LogP contribution in [0, 0.1) is 0 Å². The number of ether oxygens (including phenoxy) is 3. The number of nitrogens with one attached hydrogen (secondary N) is 2. The van der Waals surface area contributed by atoms with Gasteiger partial charge in [-0.15, -0.1) is 0 Å². The summed E-state index contributed by atoms with van der Waals surface area (Å²) in [6, 6.07) is 3.64. The van der Waals surface area contributed by atoms with E-state index < -0.39 is 0 Å². The van der Waals surface area contributed by atoms with Crippen LogP contribution < -0.4 is 19.1 Å². The fourth-order valence-corrected chi connectivity index (χ4v) is 3.13. The fourth-order valence-electron chi connectivity index (χ4n) is 3.13. The summed E-state index contributed by atoms with van der Waals surface area (Å²) in [5, 5.41) is 0.804. The molecule has 1 aliphatic heterocycles. The number of amides is 1. The summed E-state index contributed by atoms with van der Waals surface area (Å²) in [6.45, 7) is 3.47. The first-order valence-corrected chi connectivity index (χ1v) is 8.01. The van der Waals surface area contributed by atoms with Crippen LogP contribution >= 0.6 is 0 Å². The molecule has 130 valence electrons. The Morgan fingerprint density at radius 1 is 1.08 bits per heavy atom. The van der Waals surface area contributed by atoms with Crippen molar-refractivity contribution in [3.8, 4) is 17.2 Å². The second-order valence-corrected chi connectivity index (χ2v) is 6.04. The van der Waals surface area contributed by atoms with Crippen molar-refractivity contribution in [3.05, 3.63) is 17.8 Å². The zero-order valence-corrected chi connectivity index (χ0v) is 14.6. The van der Waals surface area contributed by atoms with Gasteiger partial charge in [0.2, 0.25) is 5.75 Å².